The second-order valence-electron chi connectivity index (χ2n) is 6.93. The fourth-order valence-corrected chi connectivity index (χ4v) is 3.71. The molecule has 0 radical (unpaired) electrons. The van der Waals surface area contributed by atoms with Crippen molar-refractivity contribution in [2.75, 3.05) is 26.1 Å². The minimum atomic E-state index is -0.332. The Labute approximate surface area is 170 Å². The third-order valence-electron chi connectivity index (χ3n) is 5.24. The Morgan fingerprint density at radius 3 is 2.45 bits per heavy atom. The van der Waals surface area contributed by atoms with E-state index in [4.69, 9.17) is 9.47 Å². The van der Waals surface area contributed by atoms with Crippen molar-refractivity contribution < 1.29 is 14.3 Å². The van der Waals surface area contributed by atoms with Crippen LogP contribution in [-0.4, -0.2) is 31.6 Å². The molecule has 1 atom stereocenters. The topological polar surface area (TPSA) is 50.8 Å². The Morgan fingerprint density at radius 2 is 1.69 bits per heavy atom. The van der Waals surface area contributed by atoms with Crippen molar-refractivity contribution in [2.24, 2.45) is 0 Å². The van der Waals surface area contributed by atoms with Gasteiger partial charge in [0.2, 0.25) is 0 Å². The number of anilines is 1. The lowest BCUT2D eigenvalue weighted by Gasteiger charge is -2.38. The van der Waals surface area contributed by atoms with Crippen molar-refractivity contribution in [3.63, 3.8) is 0 Å². The minimum Gasteiger partial charge on any atom is -0.497 e. The van der Waals surface area contributed by atoms with Gasteiger partial charge in [0.15, 0.2) is 0 Å². The van der Waals surface area contributed by atoms with Crippen LogP contribution in [0.4, 0.5) is 5.69 Å². The van der Waals surface area contributed by atoms with E-state index in [1.807, 2.05) is 65.6 Å². The summed E-state index contributed by atoms with van der Waals surface area (Å²) in [7, 11) is 3.25. The van der Waals surface area contributed by atoms with Crippen LogP contribution >= 0.6 is 0 Å². The van der Waals surface area contributed by atoms with Crippen molar-refractivity contribution in [3.05, 3.63) is 89.5 Å². The van der Waals surface area contributed by atoms with Crippen LogP contribution in [0.15, 0.2) is 72.8 Å². The van der Waals surface area contributed by atoms with Crippen LogP contribution in [0.2, 0.25) is 0 Å². The monoisotopic (exact) mass is 388 g/mol. The van der Waals surface area contributed by atoms with Gasteiger partial charge >= 0.3 is 0 Å². The first kappa shape index (κ1) is 18.9. The van der Waals surface area contributed by atoms with E-state index in [0.29, 0.717) is 23.6 Å². The number of hydrogen-bond donors (Lipinski definition) is 1. The highest BCUT2D eigenvalue weighted by molar-refractivity contribution is 6.01. The first-order valence-electron chi connectivity index (χ1n) is 9.63. The van der Waals surface area contributed by atoms with Crippen LogP contribution in [0.1, 0.15) is 27.7 Å². The number of carbonyl (C=O) groups is 1. The molecule has 1 aliphatic rings. The molecule has 0 bridgehead atoms. The molecule has 3 aromatic rings. The van der Waals surface area contributed by atoms with Crippen LogP contribution < -0.4 is 14.8 Å². The molecule has 0 aliphatic carbocycles. The summed E-state index contributed by atoms with van der Waals surface area (Å²) in [6.45, 7) is 0.587. The summed E-state index contributed by atoms with van der Waals surface area (Å²) in [5.74, 6) is 1.40. The molecule has 1 amide bonds. The molecule has 0 aromatic heterocycles. The fraction of sp³-hybridized carbons (Fsp3) is 0.208. The molecule has 3 aromatic carbocycles. The van der Waals surface area contributed by atoms with E-state index >= 15 is 0 Å². The molecule has 1 N–H and O–H groups in total. The van der Waals surface area contributed by atoms with Crippen LogP contribution in [0.25, 0.3) is 0 Å². The molecule has 0 saturated heterocycles. The van der Waals surface area contributed by atoms with Crippen LogP contribution in [0.5, 0.6) is 11.5 Å². The quantitative estimate of drug-likeness (QED) is 0.675. The van der Waals surface area contributed by atoms with Gasteiger partial charge in [-0.1, -0.05) is 42.5 Å². The van der Waals surface area contributed by atoms with Gasteiger partial charge in [-0.3, -0.25) is 4.79 Å². The first-order chi connectivity index (χ1) is 14.2. The fourth-order valence-electron chi connectivity index (χ4n) is 3.71. The van der Waals surface area contributed by atoms with E-state index in [9.17, 15) is 4.79 Å². The summed E-state index contributed by atoms with van der Waals surface area (Å²) in [4.78, 5) is 15.2. The normalized spacial score (nSPS) is 15.4. The largest absolute Gasteiger partial charge is 0.497 e. The predicted octanol–water partition coefficient (Wildman–Crippen LogP) is 4.51. The Bertz CT molecular complexity index is 1000. The molecule has 5 heteroatoms. The van der Waals surface area contributed by atoms with Gasteiger partial charge in [-0.2, -0.15) is 0 Å². The number of hydrogen-bond acceptors (Lipinski definition) is 4. The maximum absolute atomic E-state index is 13.4. The number of methoxy groups -OCH3 is 2. The van der Waals surface area contributed by atoms with Gasteiger partial charge in [-0.05, 0) is 36.2 Å². The van der Waals surface area contributed by atoms with Gasteiger partial charge < -0.3 is 19.7 Å². The lowest BCUT2D eigenvalue weighted by molar-refractivity contribution is 0.0683. The average molecular weight is 388 g/mol. The molecule has 0 saturated carbocycles. The summed E-state index contributed by atoms with van der Waals surface area (Å²) < 4.78 is 10.9. The molecular weight excluding hydrogens is 364 g/mol. The van der Waals surface area contributed by atoms with Gasteiger partial charge in [-0.15, -0.1) is 0 Å². The van der Waals surface area contributed by atoms with Crippen molar-refractivity contribution in [3.8, 4) is 11.5 Å². The van der Waals surface area contributed by atoms with Crippen LogP contribution in [-0.2, 0) is 6.42 Å². The molecule has 1 heterocycles. The Kier molecular flexibility index (Phi) is 5.38. The second kappa shape index (κ2) is 8.27. The predicted molar refractivity (Wildman–Crippen MR) is 114 cm³/mol. The molecule has 4 rings (SSSR count). The molecule has 0 fully saturated rings. The Balaban J connectivity index is 1.72. The minimum absolute atomic E-state index is 0.0122. The lowest BCUT2D eigenvalue weighted by atomic mass is 10.0. The number of rotatable bonds is 6. The van der Waals surface area contributed by atoms with Gasteiger partial charge in [0.1, 0.15) is 17.7 Å². The third kappa shape index (κ3) is 3.76. The van der Waals surface area contributed by atoms with Crippen LogP contribution in [0.3, 0.4) is 0 Å². The Hall–Kier alpha value is -3.47. The summed E-state index contributed by atoms with van der Waals surface area (Å²) in [5.41, 5.74) is 3.60. The number of benzene rings is 3. The molecule has 148 valence electrons. The summed E-state index contributed by atoms with van der Waals surface area (Å²) >= 11 is 0. The smallest absolute Gasteiger partial charge is 0.257 e. The van der Waals surface area contributed by atoms with Crippen molar-refractivity contribution in [1.29, 1.82) is 0 Å². The molecule has 29 heavy (non-hydrogen) atoms. The number of fused-ring (bicyclic) bond motifs is 1. The number of amides is 1. The average Bonchev–Trinajstić information content (AvgIpc) is 2.78. The van der Waals surface area contributed by atoms with Gasteiger partial charge in [0.25, 0.3) is 5.91 Å². The second-order valence-corrected chi connectivity index (χ2v) is 6.93. The van der Waals surface area contributed by atoms with Gasteiger partial charge in [0.05, 0.1) is 19.8 Å². The zero-order chi connectivity index (χ0) is 20.2. The zero-order valence-electron chi connectivity index (χ0n) is 16.6. The van der Waals surface area contributed by atoms with E-state index in [2.05, 4.69) is 17.4 Å². The number of para-hydroxylation sites is 1. The van der Waals surface area contributed by atoms with Gasteiger partial charge in [-0.25, -0.2) is 0 Å². The number of ether oxygens (including phenoxy) is 2. The van der Waals surface area contributed by atoms with Crippen LogP contribution in [0, 0.1) is 0 Å². The van der Waals surface area contributed by atoms with E-state index in [1.54, 1.807) is 14.2 Å². The van der Waals surface area contributed by atoms with Crippen molar-refractivity contribution >= 4 is 11.6 Å². The highest BCUT2D eigenvalue weighted by atomic mass is 16.5. The zero-order valence-corrected chi connectivity index (χ0v) is 16.6. The first-order valence-corrected chi connectivity index (χ1v) is 9.63. The van der Waals surface area contributed by atoms with E-state index in [-0.39, 0.29) is 12.1 Å². The molecular formula is C24H24N2O3. The summed E-state index contributed by atoms with van der Waals surface area (Å²) in [6.07, 6.45) is 0.438. The lowest BCUT2D eigenvalue weighted by Crippen LogP contribution is -2.44. The van der Waals surface area contributed by atoms with E-state index in [0.717, 1.165) is 17.7 Å². The highest BCUT2D eigenvalue weighted by Gasteiger charge is 2.34. The highest BCUT2D eigenvalue weighted by Crippen LogP contribution is 2.38. The number of carbonyl (C=O) groups excluding carboxylic acids is 1. The SMILES string of the molecule is COc1ccc([C@H]2Nc3ccccc3C(=O)N2CCc2ccccc2)c(OC)c1. The number of nitrogens with one attached hydrogen (secondary N) is 1. The number of nitrogens with zero attached hydrogens (tertiary/aromatic N) is 1. The maximum Gasteiger partial charge on any atom is 0.257 e. The van der Waals surface area contributed by atoms with E-state index < -0.39 is 0 Å². The Morgan fingerprint density at radius 1 is 0.931 bits per heavy atom. The van der Waals surface area contributed by atoms with E-state index in [1.165, 1.54) is 5.56 Å². The molecule has 1 aliphatic heterocycles. The third-order valence-corrected chi connectivity index (χ3v) is 5.24. The van der Waals surface area contributed by atoms with Gasteiger partial charge in [0, 0.05) is 23.9 Å². The molecule has 5 nitrogen and oxygen atoms in total. The van der Waals surface area contributed by atoms with Crippen molar-refractivity contribution in [2.45, 2.75) is 12.6 Å². The standard InChI is InChI=1S/C24H24N2O3/c1-28-18-12-13-20(22(16-18)29-2)23-25-21-11-7-6-10-19(21)24(27)26(23)15-14-17-8-4-3-5-9-17/h3-13,16,23,25H,14-15H2,1-2H3/t23-/m0/s1. The molecule has 0 unspecified atom stereocenters. The van der Waals surface area contributed by atoms with Crippen molar-refractivity contribution in [1.82, 2.24) is 4.90 Å². The molecule has 0 spiro atoms. The summed E-state index contributed by atoms with van der Waals surface area (Å²) in [5, 5.41) is 3.53. The maximum atomic E-state index is 13.4. The summed E-state index contributed by atoms with van der Waals surface area (Å²) in [6, 6.07) is 23.5.